The van der Waals surface area contributed by atoms with Crippen LogP contribution >= 0.6 is 0 Å². The van der Waals surface area contributed by atoms with Crippen molar-refractivity contribution < 1.29 is 0 Å². The first kappa shape index (κ1) is 4.70. The summed E-state index contributed by atoms with van der Waals surface area (Å²) in [4.78, 5) is 0. The molecule has 0 aliphatic carbocycles. The summed E-state index contributed by atoms with van der Waals surface area (Å²) < 4.78 is 0. The highest BCUT2D eigenvalue weighted by Crippen LogP contribution is 1.56. The lowest BCUT2D eigenvalue weighted by Gasteiger charge is -1.66. The van der Waals surface area contributed by atoms with E-state index in [1.54, 1.807) is 6.08 Å². The second-order valence-corrected chi connectivity index (χ2v) is 0.664. The van der Waals surface area contributed by atoms with E-state index in [1.165, 1.54) is 6.08 Å². The highest BCUT2D eigenvalue weighted by molar-refractivity contribution is 4.83. The number of allylic oxidation sites excluding steroid dienone is 1. The number of hydrogen-bond donors (Lipinski definition) is 1. The van der Waals surface area contributed by atoms with E-state index in [0.717, 1.165) is 0 Å². The molecule has 0 aromatic heterocycles. The van der Waals surface area contributed by atoms with Gasteiger partial charge >= 0.3 is 0 Å². The number of hydrogen-bond acceptors (Lipinski definition) is 1. The molecule has 0 rings (SSSR count). The Kier molecular flexibility index (Phi) is 3.48. The molecule has 0 unspecified atom stereocenters. The second-order valence-electron chi connectivity index (χ2n) is 0.664. The minimum Gasteiger partial charge on any atom is -0.327 e. The number of nitrogens with two attached hydrogens (primary N) is 1. The Morgan fingerprint density at radius 2 is 2.40 bits per heavy atom. The van der Waals surface area contributed by atoms with Gasteiger partial charge in [-0.3, -0.25) is 0 Å². The lowest BCUT2D eigenvalue weighted by molar-refractivity contribution is 1.25. The van der Waals surface area contributed by atoms with Gasteiger partial charge in [0.1, 0.15) is 0 Å². The maximum Gasteiger partial charge on any atom is 0.0106 e. The first-order chi connectivity index (χ1) is 2.41. The van der Waals surface area contributed by atoms with E-state index in [4.69, 9.17) is 12.7 Å². The van der Waals surface area contributed by atoms with Crippen LogP contribution in [-0.2, 0) is 0 Å². The zero-order valence-corrected chi connectivity index (χ0v) is 3.02. The molecule has 0 atom stereocenters. The zero-order valence-electron chi connectivity index (χ0n) is 3.02. The van der Waals surface area contributed by atoms with Crippen molar-refractivity contribution in [1.29, 1.82) is 0 Å². The standard InChI is InChI=1S/C4H7N/c1-2-3-4-5/h1-3H,4-5H2. The molecule has 2 N–H and O–H groups in total. The van der Waals surface area contributed by atoms with Gasteiger partial charge in [-0.25, -0.2) is 0 Å². The SMILES string of the molecule is [CH]C=CCN. The topological polar surface area (TPSA) is 26.0 Å². The van der Waals surface area contributed by atoms with E-state index in [0.29, 0.717) is 6.54 Å². The average molecular weight is 69.1 g/mol. The Hall–Kier alpha value is -0.300. The van der Waals surface area contributed by atoms with Crippen LogP contribution in [0.5, 0.6) is 0 Å². The van der Waals surface area contributed by atoms with Crippen LogP contribution in [0.3, 0.4) is 0 Å². The molecule has 0 aromatic rings. The quantitative estimate of drug-likeness (QED) is 0.468. The van der Waals surface area contributed by atoms with Crippen molar-refractivity contribution in [2.45, 2.75) is 0 Å². The van der Waals surface area contributed by atoms with E-state index < -0.39 is 0 Å². The van der Waals surface area contributed by atoms with Gasteiger partial charge in [-0.15, -0.1) is 0 Å². The van der Waals surface area contributed by atoms with E-state index in [-0.39, 0.29) is 0 Å². The van der Waals surface area contributed by atoms with Gasteiger partial charge in [0, 0.05) is 6.54 Å². The van der Waals surface area contributed by atoms with E-state index in [9.17, 15) is 0 Å². The Bertz CT molecular complexity index is 30.6. The lowest BCUT2D eigenvalue weighted by atomic mass is 10.5. The highest BCUT2D eigenvalue weighted by atomic mass is 14.5. The molecule has 1 heteroatoms. The van der Waals surface area contributed by atoms with Crippen LogP contribution in [0.1, 0.15) is 0 Å². The highest BCUT2D eigenvalue weighted by Gasteiger charge is 1.51. The van der Waals surface area contributed by atoms with Gasteiger partial charge in [-0.1, -0.05) is 12.2 Å². The van der Waals surface area contributed by atoms with E-state index in [1.807, 2.05) is 0 Å². The molecule has 5 heavy (non-hydrogen) atoms. The van der Waals surface area contributed by atoms with Gasteiger partial charge < -0.3 is 5.73 Å². The fourth-order valence-corrected chi connectivity index (χ4v) is 0.0786. The molecule has 0 heterocycles. The van der Waals surface area contributed by atoms with Gasteiger partial charge in [-0.05, 0) is 6.92 Å². The van der Waals surface area contributed by atoms with Crippen molar-refractivity contribution in [1.82, 2.24) is 0 Å². The molecule has 0 amide bonds. The van der Waals surface area contributed by atoms with Crippen LogP contribution in [0.4, 0.5) is 0 Å². The monoisotopic (exact) mass is 69.1 g/mol. The molecular weight excluding hydrogens is 62.1 g/mol. The van der Waals surface area contributed by atoms with Crippen molar-refractivity contribution in [3.8, 4) is 0 Å². The van der Waals surface area contributed by atoms with Crippen molar-refractivity contribution in [2.24, 2.45) is 5.73 Å². The van der Waals surface area contributed by atoms with E-state index in [2.05, 4.69) is 0 Å². The van der Waals surface area contributed by atoms with Crippen LogP contribution in [-0.4, -0.2) is 6.54 Å². The van der Waals surface area contributed by atoms with Crippen molar-refractivity contribution >= 4 is 0 Å². The normalized spacial score (nSPS) is 10.0. The van der Waals surface area contributed by atoms with Crippen molar-refractivity contribution in [3.05, 3.63) is 19.1 Å². The predicted molar refractivity (Wildman–Crippen MR) is 22.5 cm³/mol. The summed E-state index contributed by atoms with van der Waals surface area (Å²) in [6, 6.07) is 0. The molecule has 0 aromatic carbocycles. The van der Waals surface area contributed by atoms with E-state index >= 15 is 0 Å². The Labute approximate surface area is 32.5 Å². The first-order valence-electron chi connectivity index (χ1n) is 1.48. The number of rotatable bonds is 1. The Balaban J connectivity index is 2.62. The summed E-state index contributed by atoms with van der Waals surface area (Å²) >= 11 is 0. The summed E-state index contributed by atoms with van der Waals surface area (Å²) in [6.45, 7) is 5.42. The van der Waals surface area contributed by atoms with Crippen molar-refractivity contribution in [2.75, 3.05) is 6.54 Å². The fraction of sp³-hybridized carbons (Fsp3) is 0.250. The summed E-state index contributed by atoms with van der Waals surface area (Å²) in [7, 11) is 0. The van der Waals surface area contributed by atoms with Crippen LogP contribution < -0.4 is 5.73 Å². The molecule has 0 fully saturated rings. The predicted octanol–water partition coefficient (Wildman–Crippen LogP) is 0.212. The van der Waals surface area contributed by atoms with Gasteiger partial charge in [0.2, 0.25) is 0 Å². The molecule has 0 bridgehead atoms. The molecule has 1 nitrogen and oxygen atoms in total. The van der Waals surface area contributed by atoms with Crippen LogP contribution in [0, 0.1) is 6.92 Å². The summed E-state index contributed by atoms with van der Waals surface area (Å²) in [6.07, 6.45) is 3.11. The van der Waals surface area contributed by atoms with Gasteiger partial charge in [0.05, 0.1) is 0 Å². The van der Waals surface area contributed by atoms with Crippen LogP contribution in [0.15, 0.2) is 12.2 Å². The minimum absolute atomic E-state index is 0.538. The molecule has 0 aliphatic heterocycles. The minimum atomic E-state index is 0.538. The van der Waals surface area contributed by atoms with Crippen LogP contribution in [0.25, 0.3) is 0 Å². The van der Waals surface area contributed by atoms with Crippen LogP contribution in [0.2, 0.25) is 0 Å². The Morgan fingerprint density at radius 3 is 2.40 bits per heavy atom. The third-order valence-corrected chi connectivity index (χ3v) is 0.272. The molecule has 0 aliphatic rings. The van der Waals surface area contributed by atoms with Gasteiger partial charge in [0.25, 0.3) is 0 Å². The zero-order chi connectivity index (χ0) is 4.12. The molecule has 0 saturated carbocycles. The smallest absolute Gasteiger partial charge is 0.0106 e. The Morgan fingerprint density at radius 1 is 1.80 bits per heavy atom. The third-order valence-electron chi connectivity index (χ3n) is 0.272. The second kappa shape index (κ2) is 3.70. The summed E-state index contributed by atoms with van der Waals surface area (Å²) in [5, 5.41) is 0. The third kappa shape index (κ3) is 3.70. The molecule has 0 saturated heterocycles. The molecule has 28 valence electrons. The van der Waals surface area contributed by atoms with Gasteiger partial charge in [0.15, 0.2) is 0 Å². The van der Waals surface area contributed by atoms with Crippen molar-refractivity contribution in [3.63, 3.8) is 0 Å². The molecule has 0 spiro atoms. The lowest BCUT2D eigenvalue weighted by Crippen LogP contribution is -1.91. The molecular formula is C4H7N. The average Bonchev–Trinajstić information content (AvgIpc) is 1.41. The molecule has 2 radical (unpaired) electrons. The van der Waals surface area contributed by atoms with Gasteiger partial charge in [-0.2, -0.15) is 0 Å². The summed E-state index contributed by atoms with van der Waals surface area (Å²) in [5.41, 5.74) is 4.97. The largest absolute Gasteiger partial charge is 0.327 e. The fourth-order valence-electron chi connectivity index (χ4n) is 0.0786. The first-order valence-corrected chi connectivity index (χ1v) is 1.48. The summed E-state index contributed by atoms with van der Waals surface area (Å²) in [5.74, 6) is 0. The maximum atomic E-state index is 4.97. The maximum absolute atomic E-state index is 4.97.